The topological polar surface area (TPSA) is 52.6 Å². The largest absolute Gasteiger partial charge is 0.480 e. The van der Waals surface area contributed by atoms with E-state index in [4.69, 9.17) is 5.11 Å². The molecule has 4 heteroatoms. The highest BCUT2D eigenvalue weighted by Gasteiger charge is 2.23. The van der Waals surface area contributed by atoms with Crippen LogP contribution in [0.3, 0.4) is 0 Å². The lowest BCUT2D eigenvalue weighted by atomic mass is 10.2. The summed E-state index contributed by atoms with van der Waals surface area (Å²) < 4.78 is 0. The summed E-state index contributed by atoms with van der Waals surface area (Å²) in [5, 5.41) is 11.7. The number of piperazine rings is 1. The van der Waals surface area contributed by atoms with Crippen LogP contribution in [0.5, 0.6) is 0 Å². The van der Waals surface area contributed by atoms with Crippen LogP contribution in [0.1, 0.15) is 13.3 Å². The van der Waals surface area contributed by atoms with Crippen molar-refractivity contribution >= 4 is 5.97 Å². The molecule has 0 bridgehead atoms. The summed E-state index contributed by atoms with van der Waals surface area (Å²) in [6.07, 6.45) is 1.09. The standard InChI is InChI=1S/C8H16N2O2/c1-2-4-10-5-3-9-7(6-10)8(11)12/h7,9H,2-6H2,1H3,(H,11,12). The van der Waals surface area contributed by atoms with Crippen molar-refractivity contribution in [2.24, 2.45) is 0 Å². The molecule has 4 nitrogen and oxygen atoms in total. The summed E-state index contributed by atoms with van der Waals surface area (Å²) in [7, 11) is 0. The van der Waals surface area contributed by atoms with Gasteiger partial charge in [-0.05, 0) is 13.0 Å². The molecule has 0 spiro atoms. The van der Waals surface area contributed by atoms with Gasteiger partial charge in [0.2, 0.25) is 0 Å². The van der Waals surface area contributed by atoms with E-state index in [0.717, 1.165) is 26.1 Å². The summed E-state index contributed by atoms with van der Waals surface area (Å²) in [5.41, 5.74) is 0. The molecule has 1 unspecified atom stereocenters. The van der Waals surface area contributed by atoms with E-state index in [1.165, 1.54) is 0 Å². The molecule has 1 aliphatic rings. The van der Waals surface area contributed by atoms with Crippen molar-refractivity contribution in [3.8, 4) is 0 Å². The van der Waals surface area contributed by atoms with Gasteiger partial charge in [0.25, 0.3) is 0 Å². The monoisotopic (exact) mass is 172 g/mol. The van der Waals surface area contributed by atoms with Crippen LogP contribution < -0.4 is 5.32 Å². The van der Waals surface area contributed by atoms with Crippen LogP contribution in [0.25, 0.3) is 0 Å². The summed E-state index contributed by atoms with van der Waals surface area (Å²) in [4.78, 5) is 12.8. The van der Waals surface area contributed by atoms with E-state index >= 15 is 0 Å². The van der Waals surface area contributed by atoms with Crippen LogP contribution in [0.15, 0.2) is 0 Å². The molecular weight excluding hydrogens is 156 g/mol. The van der Waals surface area contributed by atoms with E-state index in [-0.39, 0.29) is 6.04 Å². The van der Waals surface area contributed by atoms with E-state index < -0.39 is 5.97 Å². The quantitative estimate of drug-likeness (QED) is 0.616. The molecule has 0 saturated carbocycles. The van der Waals surface area contributed by atoms with Crippen LogP contribution in [-0.4, -0.2) is 48.2 Å². The van der Waals surface area contributed by atoms with Crippen LogP contribution in [-0.2, 0) is 4.79 Å². The van der Waals surface area contributed by atoms with Crippen molar-refractivity contribution in [2.45, 2.75) is 19.4 Å². The lowest BCUT2D eigenvalue weighted by Crippen LogP contribution is -2.54. The second kappa shape index (κ2) is 4.42. The first-order chi connectivity index (χ1) is 5.74. The van der Waals surface area contributed by atoms with Gasteiger partial charge in [0.05, 0.1) is 0 Å². The Hall–Kier alpha value is -0.610. The molecule has 0 aromatic carbocycles. The molecule has 1 saturated heterocycles. The van der Waals surface area contributed by atoms with Gasteiger partial charge < -0.3 is 10.4 Å². The molecule has 2 N–H and O–H groups in total. The molecule has 0 aliphatic carbocycles. The second-order valence-corrected chi connectivity index (χ2v) is 3.15. The number of nitrogens with zero attached hydrogens (tertiary/aromatic N) is 1. The van der Waals surface area contributed by atoms with Crippen LogP contribution >= 0.6 is 0 Å². The third-order valence-corrected chi connectivity index (χ3v) is 2.10. The van der Waals surface area contributed by atoms with Gasteiger partial charge in [-0.2, -0.15) is 0 Å². The molecule has 1 rings (SSSR count). The van der Waals surface area contributed by atoms with Crippen molar-refractivity contribution < 1.29 is 9.90 Å². The zero-order valence-electron chi connectivity index (χ0n) is 7.42. The van der Waals surface area contributed by atoms with Gasteiger partial charge in [-0.25, -0.2) is 0 Å². The maximum absolute atomic E-state index is 10.6. The van der Waals surface area contributed by atoms with E-state index in [9.17, 15) is 4.79 Å². The molecule has 70 valence electrons. The highest BCUT2D eigenvalue weighted by molar-refractivity contribution is 5.73. The maximum Gasteiger partial charge on any atom is 0.322 e. The first-order valence-electron chi connectivity index (χ1n) is 4.42. The molecule has 1 heterocycles. The summed E-state index contributed by atoms with van der Waals surface area (Å²) in [5.74, 6) is -0.740. The predicted molar refractivity (Wildman–Crippen MR) is 46.2 cm³/mol. The predicted octanol–water partition coefficient (Wildman–Crippen LogP) is -0.245. The minimum atomic E-state index is -0.740. The van der Waals surface area contributed by atoms with Gasteiger partial charge in [-0.15, -0.1) is 0 Å². The summed E-state index contributed by atoms with van der Waals surface area (Å²) in [6, 6.07) is -0.370. The van der Waals surface area contributed by atoms with E-state index in [1.807, 2.05) is 0 Å². The third kappa shape index (κ3) is 2.46. The van der Waals surface area contributed by atoms with Gasteiger partial charge in [0, 0.05) is 19.6 Å². The average molecular weight is 172 g/mol. The van der Waals surface area contributed by atoms with Crippen molar-refractivity contribution in [1.29, 1.82) is 0 Å². The molecule has 12 heavy (non-hydrogen) atoms. The van der Waals surface area contributed by atoms with E-state index in [2.05, 4.69) is 17.1 Å². The third-order valence-electron chi connectivity index (χ3n) is 2.10. The zero-order valence-corrected chi connectivity index (χ0v) is 7.42. The number of carboxylic acid groups (broad SMARTS) is 1. The minimum absolute atomic E-state index is 0.370. The normalized spacial score (nSPS) is 25.6. The molecule has 0 aromatic rings. The average Bonchev–Trinajstić information content (AvgIpc) is 2.05. The number of nitrogens with one attached hydrogen (secondary N) is 1. The Morgan fingerprint density at radius 1 is 1.75 bits per heavy atom. The summed E-state index contributed by atoms with van der Waals surface area (Å²) in [6.45, 7) is 5.51. The van der Waals surface area contributed by atoms with Crippen molar-refractivity contribution in [2.75, 3.05) is 26.2 Å². The summed E-state index contributed by atoms with van der Waals surface area (Å²) >= 11 is 0. The Kier molecular flexibility index (Phi) is 3.49. The van der Waals surface area contributed by atoms with Crippen LogP contribution in [0.2, 0.25) is 0 Å². The van der Waals surface area contributed by atoms with Gasteiger partial charge >= 0.3 is 5.97 Å². The smallest absolute Gasteiger partial charge is 0.322 e. The van der Waals surface area contributed by atoms with E-state index in [1.54, 1.807) is 0 Å². The Morgan fingerprint density at radius 2 is 2.50 bits per heavy atom. The van der Waals surface area contributed by atoms with Crippen molar-refractivity contribution in [1.82, 2.24) is 10.2 Å². The molecule has 0 radical (unpaired) electrons. The fourth-order valence-electron chi connectivity index (χ4n) is 1.50. The molecule has 1 aliphatic heterocycles. The number of hydrogen-bond acceptors (Lipinski definition) is 3. The van der Waals surface area contributed by atoms with Crippen molar-refractivity contribution in [3.63, 3.8) is 0 Å². The molecular formula is C8H16N2O2. The Bertz CT molecular complexity index is 159. The lowest BCUT2D eigenvalue weighted by molar-refractivity contribution is -0.140. The van der Waals surface area contributed by atoms with Crippen LogP contribution in [0, 0.1) is 0 Å². The fraction of sp³-hybridized carbons (Fsp3) is 0.875. The molecule has 1 fully saturated rings. The Labute approximate surface area is 72.6 Å². The first kappa shape index (κ1) is 9.48. The Balaban J connectivity index is 2.35. The highest BCUT2D eigenvalue weighted by atomic mass is 16.4. The highest BCUT2D eigenvalue weighted by Crippen LogP contribution is 1.99. The number of rotatable bonds is 3. The van der Waals surface area contributed by atoms with E-state index in [0.29, 0.717) is 6.54 Å². The number of aliphatic carboxylic acids is 1. The van der Waals surface area contributed by atoms with Crippen LogP contribution in [0.4, 0.5) is 0 Å². The maximum atomic E-state index is 10.6. The first-order valence-corrected chi connectivity index (χ1v) is 4.42. The van der Waals surface area contributed by atoms with Gasteiger partial charge in [-0.1, -0.05) is 6.92 Å². The van der Waals surface area contributed by atoms with Gasteiger partial charge in [-0.3, -0.25) is 9.69 Å². The number of hydrogen-bond donors (Lipinski definition) is 2. The molecule has 0 amide bonds. The fourth-order valence-corrected chi connectivity index (χ4v) is 1.50. The van der Waals surface area contributed by atoms with Gasteiger partial charge in [0.1, 0.15) is 6.04 Å². The lowest BCUT2D eigenvalue weighted by Gasteiger charge is -2.31. The SMILES string of the molecule is CCCN1CCNC(C(=O)O)C1. The zero-order chi connectivity index (χ0) is 8.97. The van der Waals surface area contributed by atoms with Gasteiger partial charge in [0.15, 0.2) is 0 Å². The second-order valence-electron chi connectivity index (χ2n) is 3.15. The number of carbonyl (C=O) groups is 1. The molecule has 0 aromatic heterocycles. The molecule has 1 atom stereocenters. The number of carboxylic acids is 1. The Morgan fingerprint density at radius 3 is 3.08 bits per heavy atom. The minimum Gasteiger partial charge on any atom is -0.480 e. The van der Waals surface area contributed by atoms with Crippen molar-refractivity contribution in [3.05, 3.63) is 0 Å².